The minimum Gasteiger partial charge on any atom is -0.490 e. The van der Waals surface area contributed by atoms with Crippen molar-refractivity contribution in [3.05, 3.63) is 47.5 Å². The Hall–Kier alpha value is -2.69. The number of nitrogens with zero attached hydrogens (tertiary/aromatic N) is 1. The average molecular weight is 383 g/mol. The summed E-state index contributed by atoms with van der Waals surface area (Å²) in [6.07, 6.45) is 3.06. The minimum atomic E-state index is -0.0423. The number of rotatable bonds is 7. The number of aryl methyl sites for hydroxylation is 1. The zero-order valence-electron chi connectivity index (χ0n) is 17.0. The quantitative estimate of drug-likeness (QED) is 0.685. The number of hydrogen-bond donors (Lipinski definition) is 0. The molecule has 5 heteroatoms. The highest BCUT2D eigenvalue weighted by atomic mass is 16.5. The van der Waals surface area contributed by atoms with Gasteiger partial charge in [-0.15, -0.1) is 0 Å². The van der Waals surface area contributed by atoms with Crippen molar-refractivity contribution in [3.63, 3.8) is 0 Å². The monoisotopic (exact) mass is 383 g/mol. The molecule has 0 radical (unpaired) electrons. The van der Waals surface area contributed by atoms with E-state index in [0.29, 0.717) is 49.2 Å². The number of para-hydroxylation sites is 1. The molecule has 28 heavy (non-hydrogen) atoms. The van der Waals surface area contributed by atoms with Crippen LogP contribution in [0.5, 0.6) is 17.2 Å². The van der Waals surface area contributed by atoms with Gasteiger partial charge in [-0.25, -0.2) is 0 Å². The molecular weight excluding hydrogens is 354 g/mol. The van der Waals surface area contributed by atoms with Gasteiger partial charge in [0.15, 0.2) is 11.5 Å². The highest BCUT2D eigenvalue weighted by molar-refractivity contribution is 6.07. The van der Waals surface area contributed by atoms with Gasteiger partial charge in [-0.05, 0) is 63.8 Å². The summed E-state index contributed by atoms with van der Waals surface area (Å²) in [5, 5.41) is 0. The number of amides is 1. The molecule has 0 bridgehead atoms. The minimum absolute atomic E-state index is 0.0423. The second kappa shape index (κ2) is 9.49. The predicted octanol–water partition coefficient (Wildman–Crippen LogP) is 4.87. The van der Waals surface area contributed by atoms with Crippen molar-refractivity contribution in [2.24, 2.45) is 0 Å². The van der Waals surface area contributed by atoms with Crippen LogP contribution in [-0.4, -0.2) is 32.3 Å². The molecular formula is C23H29NO4. The van der Waals surface area contributed by atoms with E-state index in [9.17, 15) is 4.79 Å². The Kier molecular flexibility index (Phi) is 6.80. The molecule has 0 saturated carbocycles. The summed E-state index contributed by atoms with van der Waals surface area (Å²) >= 11 is 0. The van der Waals surface area contributed by atoms with Crippen LogP contribution in [0.2, 0.25) is 0 Å². The first-order chi connectivity index (χ1) is 13.7. The van der Waals surface area contributed by atoms with Gasteiger partial charge in [-0.2, -0.15) is 0 Å². The van der Waals surface area contributed by atoms with E-state index >= 15 is 0 Å². The summed E-state index contributed by atoms with van der Waals surface area (Å²) < 4.78 is 17.3. The number of fused-ring (bicyclic) bond motifs is 1. The lowest BCUT2D eigenvalue weighted by atomic mass is 10.1. The fourth-order valence-corrected chi connectivity index (χ4v) is 3.57. The summed E-state index contributed by atoms with van der Waals surface area (Å²) in [4.78, 5) is 15.3. The van der Waals surface area contributed by atoms with Gasteiger partial charge in [0.25, 0.3) is 5.91 Å². The van der Waals surface area contributed by atoms with Crippen LogP contribution in [0.1, 0.15) is 49.5 Å². The Morgan fingerprint density at radius 3 is 2.21 bits per heavy atom. The van der Waals surface area contributed by atoms with Gasteiger partial charge < -0.3 is 19.1 Å². The van der Waals surface area contributed by atoms with Gasteiger partial charge in [0.05, 0.1) is 19.8 Å². The van der Waals surface area contributed by atoms with Gasteiger partial charge in [0, 0.05) is 17.8 Å². The molecule has 1 aliphatic rings. The zero-order valence-corrected chi connectivity index (χ0v) is 17.0. The van der Waals surface area contributed by atoms with Crippen molar-refractivity contribution in [2.75, 3.05) is 31.3 Å². The maximum atomic E-state index is 13.5. The lowest BCUT2D eigenvalue weighted by Gasteiger charge is -2.24. The third-order valence-corrected chi connectivity index (χ3v) is 4.76. The molecule has 0 unspecified atom stereocenters. The maximum absolute atomic E-state index is 13.5. The Balaban J connectivity index is 2.03. The SMILES string of the molecule is CCOc1cc(C(=O)N2CCCCc3ccccc32)cc(OCC)c1OCC. The Morgan fingerprint density at radius 1 is 0.929 bits per heavy atom. The van der Waals surface area contributed by atoms with E-state index in [2.05, 4.69) is 6.07 Å². The first kappa shape index (κ1) is 20.1. The van der Waals surface area contributed by atoms with E-state index in [0.717, 1.165) is 24.9 Å². The first-order valence-corrected chi connectivity index (χ1v) is 10.2. The Bertz CT molecular complexity index is 791. The normalized spacial score (nSPS) is 13.5. The van der Waals surface area contributed by atoms with Crippen LogP contribution in [-0.2, 0) is 6.42 Å². The number of ether oxygens (including phenoxy) is 3. The topological polar surface area (TPSA) is 48.0 Å². The molecule has 3 rings (SSSR count). The standard InChI is InChI=1S/C23H29NO4/c1-4-26-20-15-18(16-21(27-5-2)22(20)28-6-3)23(25)24-14-10-9-12-17-11-7-8-13-19(17)24/h7-8,11,13,15-16H,4-6,9-10,12,14H2,1-3H3. The number of carbonyl (C=O) groups excluding carboxylic acids is 1. The van der Waals surface area contributed by atoms with Crippen molar-refractivity contribution in [1.82, 2.24) is 0 Å². The Morgan fingerprint density at radius 2 is 1.57 bits per heavy atom. The molecule has 150 valence electrons. The Labute approximate surface area is 167 Å². The van der Waals surface area contributed by atoms with Crippen LogP contribution in [0.15, 0.2) is 36.4 Å². The molecule has 2 aromatic rings. The van der Waals surface area contributed by atoms with E-state index in [4.69, 9.17) is 14.2 Å². The summed E-state index contributed by atoms with van der Waals surface area (Å²) in [5.74, 6) is 1.60. The van der Waals surface area contributed by atoms with Crippen molar-refractivity contribution in [3.8, 4) is 17.2 Å². The second-order valence-corrected chi connectivity index (χ2v) is 6.64. The molecule has 0 saturated heterocycles. The number of hydrogen-bond acceptors (Lipinski definition) is 4. The fraction of sp³-hybridized carbons (Fsp3) is 0.435. The largest absolute Gasteiger partial charge is 0.490 e. The molecule has 1 heterocycles. The van der Waals surface area contributed by atoms with Crippen LogP contribution in [0.25, 0.3) is 0 Å². The highest BCUT2D eigenvalue weighted by Gasteiger charge is 2.25. The first-order valence-electron chi connectivity index (χ1n) is 10.2. The molecule has 1 aliphatic heterocycles. The average Bonchev–Trinajstić information content (AvgIpc) is 2.92. The molecule has 0 fully saturated rings. The van der Waals surface area contributed by atoms with Crippen LogP contribution >= 0.6 is 0 Å². The molecule has 0 atom stereocenters. The van der Waals surface area contributed by atoms with Gasteiger partial charge in [-0.3, -0.25) is 4.79 Å². The molecule has 2 aromatic carbocycles. The molecule has 0 N–H and O–H groups in total. The van der Waals surface area contributed by atoms with Crippen LogP contribution in [0.3, 0.4) is 0 Å². The molecule has 5 nitrogen and oxygen atoms in total. The van der Waals surface area contributed by atoms with Gasteiger partial charge >= 0.3 is 0 Å². The molecule has 1 amide bonds. The van der Waals surface area contributed by atoms with Gasteiger partial charge in [0.2, 0.25) is 5.75 Å². The zero-order chi connectivity index (χ0) is 19.9. The maximum Gasteiger partial charge on any atom is 0.258 e. The van der Waals surface area contributed by atoms with Crippen molar-refractivity contribution < 1.29 is 19.0 Å². The van der Waals surface area contributed by atoms with Crippen molar-refractivity contribution in [1.29, 1.82) is 0 Å². The van der Waals surface area contributed by atoms with E-state index in [1.165, 1.54) is 5.56 Å². The summed E-state index contributed by atoms with van der Waals surface area (Å²) in [6, 6.07) is 11.7. The summed E-state index contributed by atoms with van der Waals surface area (Å²) in [7, 11) is 0. The number of anilines is 1. The fourth-order valence-electron chi connectivity index (χ4n) is 3.57. The smallest absolute Gasteiger partial charge is 0.258 e. The third kappa shape index (κ3) is 4.24. The second-order valence-electron chi connectivity index (χ2n) is 6.64. The third-order valence-electron chi connectivity index (χ3n) is 4.76. The van der Waals surface area contributed by atoms with E-state index in [1.54, 1.807) is 12.1 Å². The van der Waals surface area contributed by atoms with E-state index < -0.39 is 0 Å². The van der Waals surface area contributed by atoms with Crippen molar-refractivity contribution in [2.45, 2.75) is 40.0 Å². The van der Waals surface area contributed by atoms with Crippen molar-refractivity contribution >= 4 is 11.6 Å². The van der Waals surface area contributed by atoms with E-state index in [-0.39, 0.29) is 5.91 Å². The molecule has 0 aromatic heterocycles. The number of carbonyl (C=O) groups is 1. The number of benzene rings is 2. The molecule has 0 spiro atoms. The van der Waals surface area contributed by atoms with Crippen LogP contribution < -0.4 is 19.1 Å². The summed E-state index contributed by atoms with van der Waals surface area (Å²) in [5.41, 5.74) is 2.76. The lowest BCUT2D eigenvalue weighted by Crippen LogP contribution is -2.31. The van der Waals surface area contributed by atoms with E-state index in [1.807, 2.05) is 43.9 Å². The van der Waals surface area contributed by atoms with Crippen LogP contribution in [0.4, 0.5) is 5.69 Å². The van der Waals surface area contributed by atoms with Gasteiger partial charge in [0.1, 0.15) is 0 Å². The predicted molar refractivity (Wildman–Crippen MR) is 111 cm³/mol. The summed E-state index contributed by atoms with van der Waals surface area (Å²) in [6.45, 7) is 7.90. The van der Waals surface area contributed by atoms with Crippen LogP contribution in [0, 0.1) is 0 Å². The highest BCUT2D eigenvalue weighted by Crippen LogP contribution is 2.40. The lowest BCUT2D eigenvalue weighted by molar-refractivity contribution is 0.0986. The van der Waals surface area contributed by atoms with Gasteiger partial charge in [-0.1, -0.05) is 18.2 Å². The molecule has 0 aliphatic carbocycles.